The predicted octanol–water partition coefficient (Wildman–Crippen LogP) is 5.35. The van der Waals surface area contributed by atoms with Gasteiger partial charge in [-0.05, 0) is 62.2 Å². The lowest BCUT2D eigenvalue weighted by Gasteiger charge is -2.25. The van der Waals surface area contributed by atoms with Gasteiger partial charge in [-0.1, -0.05) is 65.2 Å². The molecule has 0 heterocycles. The van der Waals surface area contributed by atoms with Crippen molar-refractivity contribution < 1.29 is 13.2 Å². The summed E-state index contributed by atoms with van der Waals surface area (Å²) in [5.41, 5.74) is 5.74. The smallest absolute Gasteiger partial charge is 0.264 e. The Morgan fingerprint density at radius 1 is 0.970 bits per heavy atom. The molecule has 6 nitrogen and oxygen atoms in total. The van der Waals surface area contributed by atoms with Gasteiger partial charge in [0.2, 0.25) is 0 Å². The van der Waals surface area contributed by atoms with Crippen molar-refractivity contribution in [2.24, 2.45) is 5.10 Å². The maximum absolute atomic E-state index is 13.4. The number of aryl methyl sites for hydroxylation is 2. The Morgan fingerprint density at radius 3 is 2.30 bits per heavy atom. The fourth-order valence-electron chi connectivity index (χ4n) is 3.20. The molecular formula is C24H23Cl2N3O3S. The Labute approximate surface area is 203 Å². The highest BCUT2D eigenvalue weighted by Gasteiger charge is 2.28. The van der Waals surface area contributed by atoms with E-state index in [1.165, 1.54) is 12.1 Å². The van der Waals surface area contributed by atoms with Gasteiger partial charge in [0, 0.05) is 0 Å². The van der Waals surface area contributed by atoms with E-state index in [1.807, 2.05) is 13.0 Å². The van der Waals surface area contributed by atoms with Crippen LogP contribution in [-0.2, 0) is 14.8 Å². The molecule has 0 aromatic heterocycles. The van der Waals surface area contributed by atoms with Crippen molar-refractivity contribution in [3.05, 3.63) is 93.5 Å². The number of amides is 1. The van der Waals surface area contributed by atoms with Crippen molar-refractivity contribution in [1.29, 1.82) is 0 Å². The second-order valence-electron chi connectivity index (χ2n) is 7.48. The number of benzene rings is 3. The highest BCUT2D eigenvalue weighted by atomic mass is 35.5. The lowest BCUT2D eigenvalue weighted by molar-refractivity contribution is -0.119. The van der Waals surface area contributed by atoms with Crippen molar-refractivity contribution in [3.8, 4) is 0 Å². The zero-order valence-electron chi connectivity index (χ0n) is 18.3. The molecule has 0 unspecified atom stereocenters. The van der Waals surface area contributed by atoms with E-state index >= 15 is 0 Å². The average Bonchev–Trinajstić information content (AvgIpc) is 2.78. The van der Waals surface area contributed by atoms with Crippen LogP contribution in [0.2, 0.25) is 10.0 Å². The molecule has 3 aromatic rings. The minimum atomic E-state index is -3.99. The SMILES string of the molecule is C/C(=N/NC(=O)CN(c1ccc(C)cc1C)S(=O)(=O)c1ccccc1)c1ccc(Cl)c(Cl)c1. The third-order valence-electron chi connectivity index (χ3n) is 4.93. The maximum atomic E-state index is 13.4. The number of hydrogen-bond donors (Lipinski definition) is 1. The van der Waals surface area contributed by atoms with Crippen LogP contribution < -0.4 is 9.73 Å². The van der Waals surface area contributed by atoms with Crippen LogP contribution in [0.1, 0.15) is 23.6 Å². The molecule has 0 radical (unpaired) electrons. The molecule has 0 saturated heterocycles. The zero-order valence-corrected chi connectivity index (χ0v) is 20.7. The first kappa shape index (κ1) is 24.8. The summed E-state index contributed by atoms with van der Waals surface area (Å²) in [4.78, 5) is 12.9. The van der Waals surface area contributed by atoms with E-state index in [4.69, 9.17) is 23.2 Å². The summed E-state index contributed by atoms with van der Waals surface area (Å²) in [6, 6.07) is 18.4. The summed E-state index contributed by atoms with van der Waals surface area (Å²) < 4.78 is 27.9. The third kappa shape index (κ3) is 5.93. The minimum absolute atomic E-state index is 0.0910. The molecule has 0 aliphatic carbocycles. The van der Waals surface area contributed by atoms with Gasteiger partial charge in [-0.25, -0.2) is 13.8 Å². The molecule has 9 heteroatoms. The van der Waals surface area contributed by atoms with E-state index in [-0.39, 0.29) is 4.90 Å². The van der Waals surface area contributed by atoms with Crippen LogP contribution in [0.15, 0.2) is 76.7 Å². The van der Waals surface area contributed by atoms with E-state index in [9.17, 15) is 13.2 Å². The van der Waals surface area contributed by atoms with E-state index in [0.717, 1.165) is 15.4 Å². The Morgan fingerprint density at radius 2 is 1.67 bits per heavy atom. The normalized spacial score (nSPS) is 11.8. The Kier molecular flexibility index (Phi) is 7.79. The van der Waals surface area contributed by atoms with Gasteiger partial charge in [-0.3, -0.25) is 9.10 Å². The monoisotopic (exact) mass is 503 g/mol. The lowest BCUT2D eigenvalue weighted by atomic mass is 10.1. The van der Waals surface area contributed by atoms with Crippen LogP contribution in [-0.4, -0.2) is 26.6 Å². The number of carbonyl (C=O) groups is 1. The lowest BCUT2D eigenvalue weighted by Crippen LogP contribution is -2.40. The standard InChI is InChI=1S/C24H23Cl2N3O3S/c1-16-9-12-23(17(2)13-16)29(33(31,32)20-7-5-4-6-8-20)15-24(30)28-27-18(3)19-10-11-21(25)22(26)14-19/h4-14H,15H2,1-3H3,(H,28,30)/b27-18-. The van der Waals surface area contributed by atoms with Gasteiger partial charge in [0.25, 0.3) is 15.9 Å². The van der Waals surface area contributed by atoms with E-state index in [2.05, 4.69) is 10.5 Å². The summed E-state index contributed by atoms with van der Waals surface area (Å²) in [7, 11) is -3.99. The minimum Gasteiger partial charge on any atom is -0.271 e. The van der Waals surface area contributed by atoms with Crippen LogP contribution in [0.25, 0.3) is 0 Å². The molecule has 3 rings (SSSR count). The van der Waals surface area contributed by atoms with Crippen molar-refractivity contribution >= 4 is 50.5 Å². The number of nitrogens with one attached hydrogen (secondary N) is 1. The van der Waals surface area contributed by atoms with Crippen LogP contribution >= 0.6 is 23.2 Å². The fraction of sp³-hybridized carbons (Fsp3) is 0.167. The zero-order chi connectivity index (χ0) is 24.2. The number of carbonyl (C=O) groups excluding carboxylic acids is 1. The molecule has 172 valence electrons. The summed E-state index contributed by atoms with van der Waals surface area (Å²) in [5, 5.41) is 4.87. The van der Waals surface area contributed by atoms with Crippen molar-refractivity contribution in [2.45, 2.75) is 25.7 Å². The topological polar surface area (TPSA) is 78.8 Å². The first-order valence-electron chi connectivity index (χ1n) is 10.0. The van der Waals surface area contributed by atoms with Crippen LogP contribution in [0.4, 0.5) is 5.69 Å². The van der Waals surface area contributed by atoms with Gasteiger partial charge >= 0.3 is 0 Å². The molecule has 0 bridgehead atoms. The Bertz CT molecular complexity index is 1310. The summed E-state index contributed by atoms with van der Waals surface area (Å²) >= 11 is 12.0. The van der Waals surface area contributed by atoms with Crippen LogP contribution in [0, 0.1) is 13.8 Å². The molecule has 0 aliphatic heterocycles. The van der Waals surface area contributed by atoms with Crippen molar-refractivity contribution in [2.75, 3.05) is 10.8 Å². The molecule has 33 heavy (non-hydrogen) atoms. The highest BCUT2D eigenvalue weighted by Crippen LogP contribution is 2.27. The van der Waals surface area contributed by atoms with Crippen molar-refractivity contribution in [1.82, 2.24) is 5.43 Å². The molecular weight excluding hydrogens is 481 g/mol. The maximum Gasteiger partial charge on any atom is 0.264 e. The predicted molar refractivity (Wildman–Crippen MR) is 134 cm³/mol. The van der Waals surface area contributed by atoms with Gasteiger partial charge in [-0.15, -0.1) is 0 Å². The molecule has 1 N–H and O–H groups in total. The molecule has 0 aliphatic rings. The molecule has 1 amide bonds. The van der Waals surface area contributed by atoms with Gasteiger partial charge < -0.3 is 0 Å². The number of anilines is 1. The largest absolute Gasteiger partial charge is 0.271 e. The van der Waals surface area contributed by atoms with Crippen molar-refractivity contribution in [3.63, 3.8) is 0 Å². The second-order valence-corrected chi connectivity index (χ2v) is 10.2. The Hall–Kier alpha value is -2.87. The molecule has 3 aromatic carbocycles. The number of rotatable bonds is 7. The molecule has 0 atom stereocenters. The summed E-state index contributed by atoms with van der Waals surface area (Å²) in [6.07, 6.45) is 0. The Balaban J connectivity index is 1.90. The first-order chi connectivity index (χ1) is 15.6. The van der Waals surface area contributed by atoms with Gasteiger partial charge in [-0.2, -0.15) is 5.10 Å². The quantitative estimate of drug-likeness (QED) is 0.348. The fourth-order valence-corrected chi connectivity index (χ4v) is 5.01. The number of nitrogens with zero attached hydrogens (tertiary/aromatic N) is 2. The van der Waals surface area contributed by atoms with E-state index < -0.39 is 22.5 Å². The van der Waals surface area contributed by atoms with Gasteiger partial charge in [0.1, 0.15) is 6.54 Å². The average molecular weight is 504 g/mol. The molecule has 0 spiro atoms. The second kappa shape index (κ2) is 10.4. The first-order valence-corrected chi connectivity index (χ1v) is 12.2. The molecule has 0 fully saturated rings. The van der Waals surface area contributed by atoms with Gasteiger partial charge in [0.15, 0.2) is 0 Å². The summed E-state index contributed by atoms with van der Waals surface area (Å²) in [5.74, 6) is -0.589. The number of hydrazone groups is 1. The number of sulfonamides is 1. The van der Waals surface area contributed by atoms with Gasteiger partial charge in [0.05, 0.1) is 26.3 Å². The highest BCUT2D eigenvalue weighted by molar-refractivity contribution is 7.92. The van der Waals surface area contributed by atoms with E-state index in [1.54, 1.807) is 62.4 Å². The van der Waals surface area contributed by atoms with Crippen LogP contribution in [0.5, 0.6) is 0 Å². The van der Waals surface area contributed by atoms with E-state index in [0.29, 0.717) is 27.0 Å². The molecule has 0 saturated carbocycles. The van der Waals surface area contributed by atoms with Crippen LogP contribution in [0.3, 0.4) is 0 Å². The number of hydrogen-bond acceptors (Lipinski definition) is 4. The summed E-state index contributed by atoms with van der Waals surface area (Å²) in [6.45, 7) is 4.97. The third-order valence-corrected chi connectivity index (χ3v) is 7.44. The number of halogens is 2.